The average molecular weight is 431 g/mol. The van der Waals surface area contributed by atoms with E-state index in [0.29, 0.717) is 24.6 Å². The first kappa shape index (κ1) is 23.1. The lowest BCUT2D eigenvalue weighted by atomic mass is 10.0. The van der Waals surface area contributed by atoms with E-state index in [1.54, 1.807) is 25.4 Å². The minimum atomic E-state index is -0.176. The molecule has 32 heavy (non-hydrogen) atoms. The van der Waals surface area contributed by atoms with Gasteiger partial charge in [-0.2, -0.15) is 0 Å². The second-order valence-electron chi connectivity index (χ2n) is 8.39. The molecule has 0 bridgehead atoms. The number of benzene rings is 1. The number of carbonyl (C=O) groups excluding carboxylic acids is 2. The smallest absolute Gasteiger partial charge is 0.253 e. The fourth-order valence-electron chi connectivity index (χ4n) is 3.56. The van der Waals surface area contributed by atoms with Crippen LogP contribution < -0.4 is 10.2 Å². The van der Waals surface area contributed by atoms with Gasteiger partial charge < -0.3 is 10.2 Å². The van der Waals surface area contributed by atoms with Gasteiger partial charge in [-0.1, -0.05) is 26.0 Å². The fraction of sp³-hybridized carbons (Fsp3) is 0.308. The third-order valence-corrected chi connectivity index (χ3v) is 5.29. The Bertz CT molecular complexity index is 1110. The van der Waals surface area contributed by atoms with Gasteiger partial charge in [0.25, 0.3) is 5.91 Å². The molecule has 0 atom stereocenters. The minimum absolute atomic E-state index is 0.0320. The molecule has 6 nitrogen and oxygen atoms in total. The molecule has 3 rings (SSSR count). The predicted molar refractivity (Wildman–Crippen MR) is 127 cm³/mol. The van der Waals surface area contributed by atoms with Gasteiger partial charge in [0.15, 0.2) is 0 Å². The summed E-state index contributed by atoms with van der Waals surface area (Å²) >= 11 is 0. The molecule has 2 aromatic heterocycles. The lowest BCUT2D eigenvalue weighted by Gasteiger charge is -2.25. The van der Waals surface area contributed by atoms with Gasteiger partial charge in [-0.25, -0.2) is 0 Å². The van der Waals surface area contributed by atoms with Crippen LogP contribution in [-0.4, -0.2) is 28.3 Å². The summed E-state index contributed by atoms with van der Waals surface area (Å²) in [6, 6.07) is 13.4. The van der Waals surface area contributed by atoms with Crippen LogP contribution in [0, 0.1) is 19.8 Å². The summed E-state index contributed by atoms with van der Waals surface area (Å²) in [7, 11) is 0. The Balaban J connectivity index is 1.72. The SMILES string of the molecule is CC(=O)N(CC(C)C)c1ccc(-c2ccc(C(=O)NCc3cccnc3C)cn2)cc1C. The van der Waals surface area contributed by atoms with Crippen molar-refractivity contribution in [1.29, 1.82) is 0 Å². The highest BCUT2D eigenvalue weighted by Gasteiger charge is 2.16. The molecule has 2 amide bonds. The van der Waals surface area contributed by atoms with Crippen molar-refractivity contribution in [3.05, 3.63) is 77.2 Å². The third kappa shape index (κ3) is 5.58. The maximum atomic E-state index is 12.5. The number of pyridine rings is 2. The van der Waals surface area contributed by atoms with Gasteiger partial charge in [-0.05, 0) is 61.2 Å². The van der Waals surface area contributed by atoms with E-state index in [1.165, 1.54) is 0 Å². The van der Waals surface area contributed by atoms with Crippen LogP contribution in [0.15, 0.2) is 54.9 Å². The van der Waals surface area contributed by atoms with Gasteiger partial charge in [0.1, 0.15) is 0 Å². The molecule has 0 saturated heterocycles. The second-order valence-corrected chi connectivity index (χ2v) is 8.39. The van der Waals surface area contributed by atoms with Crippen molar-refractivity contribution in [3.8, 4) is 11.3 Å². The maximum Gasteiger partial charge on any atom is 0.253 e. The first-order chi connectivity index (χ1) is 15.3. The molecule has 0 aliphatic carbocycles. The van der Waals surface area contributed by atoms with Gasteiger partial charge in [-0.15, -0.1) is 0 Å². The molecule has 2 heterocycles. The van der Waals surface area contributed by atoms with E-state index in [4.69, 9.17) is 0 Å². The summed E-state index contributed by atoms with van der Waals surface area (Å²) in [5.41, 5.74) is 6.03. The summed E-state index contributed by atoms with van der Waals surface area (Å²) in [6.07, 6.45) is 3.32. The van der Waals surface area contributed by atoms with Gasteiger partial charge in [0.2, 0.25) is 5.91 Å². The Morgan fingerprint density at radius 1 is 1.06 bits per heavy atom. The monoisotopic (exact) mass is 430 g/mol. The standard InChI is InChI=1S/C26H30N4O2/c1-17(2)16-30(20(5)31)25-11-9-21(13-18(25)3)24-10-8-23(15-28-24)26(32)29-14-22-7-6-12-27-19(22)4/h6-13,15,17H,14,16H2,1-5H3,(H,29,32). The normalized spacial score (nSPS) is 10.8. The number of amides is 2. The van der Waals surface area contributed by atoms with Gasteiger partial charge >= 0.3 is 0 Å². The summed E-state index contributed by atoms with van der Waals surface area (Å²) in [4.78, 5) is 35.2. The second kappa shape index (κ2) is 10.2. The molecule has 1 aromatic carbocycles. The minimum Gasteiger partial charge on any atom is -0.348 e. The van der Waals surface area contributed by atoms with Crippen LogP contribution in [0.1, 0.15) is 48.0 Å². The van der Waals surface area contributed by atoms with Crippen LogP contribution in [0.25, 0.3) is 11.3 Å². The zero-order valence-electron chi connectivity index (χ0n) is 19.3. The lowest BCUT2D eigenvalue weighted by molar-refractivity contribution is -0.116. The van der Waals surface area contributed by atoms with Crippen LogP contribution in [-0.2, 0) is 11.3 Å². The van der Waals surface area contributed by atoms with E-state index < -0.39 is 0 Å². The maximum absolute atomic E-state index is 12.5. The number of nitrogens with zero attached hydrogens (tertiary/aromatic N) is 3. The van der Waals surface area contributed by atoms with Crippen molar-refractivity contribution in [2.45, 2.75) is 41.2 Å². The van der Waals surface area contributed by atoms with Crippen molar-refractivity contribution in [2.24, 2.45) is 5.92 Å². The van der Waals surface area contributed by atoms with E-state index in [2.05, 4.69) is 29.1 Å². The molecule has 166 valence electrons. The van der Waals surface area contributed by atoms with Crippen LogP contribution in [0.2, 0.25) is 0 Å². The van der Waals surface area contributed by atoms with Crippen molar-refractivity contribution in [1.82, 2.24) is 15.3 Å². The van der Waals surface area contributed by atoms with Crippen molar-refractivity contribution >= 4 is 17.5 Å². The molecular weight excluding hydrogens is 400 g/mol. The summed E-state index contributed by atoms with van der Waals surface area (Å²) in [6.45, 7) is 10.8. The van der Waals surface area contributed by atoms with Crippen LogP contribution in [0.3, 0.4) is 0 Å². The molecule has 0 spiro atoms. The molecule has 0 saturated carbocycles. The molecule has 0 fully saturated rings. The zero-order valence-corrected chi connectivity index (χ0v) is 19.3. The Morgan fingerprint density at radius 3 is 2.44 bits per heavy atom. The fourth-order valence-corrected chi connectivity index (χ4v) is 3.56. The molecule has 6 heteroatoms. The highest BCUT2D eigenvalue weighted by atomic mass is 16.2. The molecule has 0 aliphatic rings. The zero-order chi connectivity index (χ0) is 23.3. The quantitative estimate of drug-likeness (QED) is 0.590. The molecule has 1 N–H and O–H groups in total. The first-order valence-corrected chi connectivity index (χ1v) is 10.8. The van der Waals surface area contributed by atoms with E-state index >= 15 is 0 Å². The van der Waals surface area contributed by atoms with Crippen LogP contribution >= 0.6 is 0 Å². The van der Waals surface area contributed by atoms with E-state index in [-0.39, 0.29) is 11.8 Å². The Kier molecular flexibility index (Phi) is 7.36. The van der Waals surface area contributed by atoms with Crippen molar-refractivity contribution in [2.75, 3.05) is 11.4 Å². The average Bonchev–Trinajstić information content (AvgIpc) is 2.77. The number of carbonyl (C=O) groups is 2. The van der Waals surface area contributed by atoms with Gasteiger partial charge in [0, 0.05) is 49.4 Å². The number of nitrogens with one attached hydrogen (secondary N) is 1. The lowest BCUT2D eigenvalue weighted by Crippen LogP contribution is -2.32. The predicted octanol–water partition coefficient (Wildman–Crippen LogP) is 4.70. The Hall–Kier alpha value is -3.54. The van der Waals surface area contributed by atoms with E-state index in [9.17, 15) is 9.59 Å². The molecule has 0 radical (unpaired) electrons. The molecule has 3 aromatic rings. The highest BCUT2D eigenvalue weighted by molar-refractivity contribution is 5.94. The third-order valence-electron chi connectivity index (χ3n) is 5.29. The number of anilines is 1. The van der Waals surface area contributed by atoms with Crippen LogP contribution in [0.5, 0.6) is 0 Å². The molecule has 0 aliphatic heterocycles. The summed E-state index contributed by atoms with van der Waals surface area (Å²) in [5, 5.41) is 2.91. The number of hydrogen-bond donors (Lipinski definition) is 1. The summed E-state index contributed by atoms with van der Waals surface area (Å²) in [5.74, 6) is 0.231. The highest BCUT2D eigenvalue weighted by Crippen LogP contribution is 2.27. The Morgan fingerprint density at radius 2 is 1.84 bits per heavy atom. The van der Waals surface area contributed by atoms with Crippen LogP contribution in [0.4, 0.5) is 5.69 Å². The largest absolute Gasteiger partial charge is 0.348 e. The van der Waals surface area contributed by atoms with E-state index in [0.717, 1.165) is 33.8 Å². The number of aromatic nitrogens is 2. The Labute approximate surface area is 189 Å². The van der Waals surface area contributed by atoms with Gasteiger partial charge in [-0.3, -0.25) is 19.6 Å². The number of hydrogen-bond acceptors (Lipinski definition) is 4. The van der Waals surface area contributed by atoms with Gasteiger partial charge in [0.05, 0.1) is 11.3 Å². The summed E-state index contributed by atoms with van der Waals surface area (Å²) < 4.78 is 0. The molecular formula is C26H30N4O2. The number of aryl methyl sites for hydroxylation is 2. The topological polar surface area (TPSA) is 75.2 Å². The molecule has 0 unspecified atom stereocenters. The van der Waals surface area contributed by atoms with Crippen molar-refractivity contribution < 1.29 is 9.59 Å². The number of rotatable bonds is 7. The first-order valence-electron chi connectivity index (χ1n) is 10.8. The van der Waals surface area contributed by atoms with Crippen molar-refractivity contribution in [3.63, 3.8) is 0 Å². The van der Waals surface area contributed by atoms with E-state index in [1.807, 2.05) is 55.1 Å².